The van der Waals surface area contributed by atoms with Crippen LogP contribution in [0.3, 0.4) is 0 Å². The Morgan fingerprint density at radius 3 is 1.60 bits per heavy atom. The largest absolute Gasteiger partial charge is 0.504 e. The molecule has 1 N–H and O–H groups in total. The number of aromatic hydroxyl groups is 1. The summed E-state index contributed by atoms with van der Waals surface area (Å²) in [6, 6.07) is 0. The van der Waals surface area contributed by atoms with Crippen LogP contribution in [-0.4, -0.2) is 26.4 Å². The van der Waals surface area contributed by atoms with Crippen LogP contribution >= 0.6 is 0 Å². The topological polar surface area (TPSA) is 47.9 Å². The molecule has 0 aliphatic rings. The fourth-order valence-corrected chi connectivity index (χ4v) is 1.52. The average Bonchev–Trinajstić information content (AvgIpc) is 2.25. The number of rotatable bonds is 3. The third-order valence-corrected chi connectivity index (χ3v) is 2.50. The monoisotopic (exact) mass is 212 g/mol. The number of benzene rings is 1. The first-order valence-corrected chi connectivity index (χ1v) is 4.56. The van der Waals surface area contributed by atoms with Crippen molar-refractivity contribution in [3.63, 3.8) is 0 Å². The van der Waals surface area contributed by atoms with E-state index in [4.69, 9.17) is 14.2 Å². The van der Waals surface area contributed by atoms with Crippen LogP contribution in [0.15, 0.2) is 0 Å². The molecule has 1 rings (SSSR count). The van der Waals surface area contributed by atoms with Crippen LogP contribution in [0.4, 0.5) is 0 Å². The summed E-state index contributed by atoms with van der Waals surface area (Å²) in [5.41, 5.74) is 1.57. The molecule has 1 aromatic carbocycles. The minimum Gasteiger partial charge on any atom is -0.504 e. The maximum atomic E-state index is 9.85. The fourth-order valence-electron chi connectivity index (χ4n) is 1.52. The van der Waals surface area contributed by atoms with E-state index in [1.165, 1.54) is 14.2 Å². The zero-order valence-corrected chi connectivity index (χ0v) is 9.67. The van der Waals surface area contributed by atoms with Crippen molar-refractivity contribution in [3.05, 3.63) is 11.1 Å². The van der Waals surface area contributed by atoms with Crippen molar-refractivity contribution in [1.82, 2.24) is 0 Å². The van der Waals surface area contributed by atoms with E-state index in [1.807, 2.05) is 6.92 Å². The summed E-state index contributed by atoms with van der Waals surface area (Å²) in [4.78, 5) is 0. The zero-order valence-electron chi connectivity index (χ0n) is 9.67. The second-order valence-corrected chi connectivity index (χ2v) is 3.20. The minimum atomic E-state index is 0.0904. The van der Waals surface area contributed by atoms with E-state index in [-0.39, 0.29) is 5.75 Å². The van der Waals surface area contributed by atoms with Gasteiger partial charge in [-0.1, -0.05) is 0 Å². The van der Waals surface area contributed by atoms with Gasteiger partial charge in [0.2, 0.25) is 11.5 Å². The van der Waals surface area contributed by atoms with Crippen molar-refractivity contribution in [1.29, 1.82) is 0 Å². The molecule has 0 fully saturated rings. The third-order valence-electron chi connectivity index (χ3n) is 2.50. The SMILES string of the molecule is COc1c(C)c(C)c(O)c(OC)c1OC. The average molecular weight is 212 g/mol. The summed E-state index contributed by atoms with van der Waals surface area (Å²) in [7, 11) is 4.54. The lowest BCUT2D eigenvalue weighted by atomic mass is 10.1. The first kappa shape index (κ1) is 11.5. The van der Waals surface area contributed by atoms with Crippen molar-refractivity contribution in [2.45, 2.75) is 13.8 Å². The van der Waals surface area contributed by atoms with E-state index in [0.29, 0.717) is 17.2 Å². The molecular weight excluding hydrogens is 196 g/mol. The van der Waals surface area contributed by atoms with Gasteiger partial charge in [-0.15, -0.1) is 0 Å². The summed E-state index contributed by atoms with van der Waals surface area (Å²) < 4.78 is 15.5. The lowest BCUT2D eigenvalue weighted by Crippen LogP contribution is -1.99. The molecule has 0 unspecified atom stereocenters. The normalized spacial score (nSPS) is 9.93. The van der Waals surface area contributed by atoms with E-state index in [1.54, 1.807) is 14.0 Å². The summed E-state index contributed by atoms with van der Waals surface area (Å²) in [6.07, 6.45) is 0. The van der Waals surface area contributed by atoms with Crippen molar-refractivity contribution >= 4 is 0 Å². The molecule has 0 spiro atoms. The first-order chi connectivity index (χ1) is 7.08. The molecule has 0 bridgehead atoms. The van der Waals surface area contributed by atoms with Crippen LogP contribution in [0.5, 0.6) is 23.0 Å². The number of methoxy groups -OCH3 is 3. The molecule has 0 saturated carbocycles. The van der Waals surface area contributed by atoms with E-state index >= 15 is 0 Å². The number of hydrogen-bond donors (Lipinski definition) is 1. The standard InChI is InChI=1S/C11H16O4/c1-6-7(2)9(13-3)11(15-5)10(14-4)8(6)12/h12H,1-5H3. The Balaban J connectivity index is 3.59. The smallest absolute Gasteiger partial charge is 0.207 e. The summed E-state index contributed by atoms with van der Waals surface area (Å²) >= 11 is 0. The Labute approximate surface area is 89.4 Å². The Morgan fingerprint density at radius 1 is 0.733 bits per heavy atom. The predicted octanol–water partition coefficient (Wildman–Crippen LogP) is 2.03. The molecule has 84 valence electrons. The summed E-state index contributed by atoms with van der Waals surface area (Å²) in [5.74, 6) is 1.40. The van der Waals surface area contributed by atoms with Crippen molar-refractivity contribution < 1.29 is 19.3 Å². The van der Waals surface area contributed by atoms with Gasteiger partial charge in [0.05, 0.1) is 21.3 Å². The van der Waals surface area contributed by atoms with Crippen molar-refractivity contribution in [2.75, 3.05) is 21.3 Å². The second kappa shape index (κ2) is 4.29. The van der Waals surface area contributed by atoms with E-state index in [9.17, 15) is 5.11 Å². The lowest BCUT2D eigenvalue weighted by Gasteiger charge is -2.17. The van der Waals surface area contributed by atoms with E-state index in [0.717, 1.165) is 11.1 Å². The van der Waals surface area contributed by atoms with Crippen LogP contribution in [0.2, 0.25) is 0 Å². The molecule has 0 aliphatic heterocycles. The molecule has 4 nitrogen and oxygen atoms in total. The number of phenolic OH excluding ortho intramolecular Hbond substituents is 1. The Morgan fingerprint density at radius 2 is 1.20 bits per heavy atom. The molecule has 0 aliphatic carbocycles. The Bertz CT molecular complexity index is 340. The van der Waals surface area contributed by atoms with E-state index < -0.39 is 0 Å². The van der Waals surface area contributed by atoms with Gasteiger partial charge in [0.25, 0.3) is 0 Å². The predicted molar refractivity (Wildman–Crippen MR) is 57.2 cm³/mol. The maximum absolute atomic E-state index is 9.85. The Hall–Kier alpha value is -1.58. The molecule has 0 radical (unpaired) electrons. The van der Waals surface area contributed by atoms with Gasteiger partial charge >= 0.3 is 0 Å². The first-order valence-electron chi connectivity index (χ1n) is 4.56. The third kappa shape index (κ3) is 1.67. The Kier molecular flexibility index (Phi) is 3.29. The van der Waals surface area contributed by atoms with Gasteiger partial charge in [-0.3, -0.25) is 0 Å². The molecule has 0 heterocycles. The molecule has 15 heavy (non-hydrogen) atoms. The van der Waals surface area contributed by atoms with E-state index in [2.05, 4.69) is 0 Å². The summed E-state index contributed by atoms with van der Waals surface area (Å²) in [6.45, 7) is 3.66. The van der Waals surface area contributed by atoms with Crippen LogP contribution in [0.1, 0.15) is 11.1 Å². The lowest BCUT2D eigenvalue weighted by molar-refractivity contribution is 0.308. The van der Waals surface area contributed by atoms with Crippen molar-refractivity contribution in [3.8, 4) is 23.0 Å². The molecule has 0 saturated heterocycles. The van der Waals surface area contributed by atoms with Gasteiger partial charge in [-0.2, -0.15) is 0 Å². The molecule has 0 aromatic heterocycles. The highest BCUT2D eigenvalue weighted by Crippen LogP contribution is 2.48. The van der Waals surface area contributed by atoms with Crippen LogP contribution in [0, 0.1) is 13.8 Å². The molecule has 0 atom stereocenters. The van der Waals surface area contributed by atoms with Gasteiger partial charge in [-0.05, 0) is 13.8 Å². The van der Waals surface area contributed by atoms with Crippen LogP contribution < -0.4 is 14.2 Å². The van der Waals surface area contributed by atoms with Gasteiger partial charge in [-0.25, -0.2) is 0 Å². The number of phenols is 1. The van der Waals surface area contributed by atoms with Gasteiger partial charge in [0.15, 0.2) is 11.5 Å². The molecule has 4 heteroatoms. The summed E-state index contributed by atoms with van der Waals surface area (Å²) in [5, 5.41) is 9.85. The minimum absolute atomic E-state index is 0.0904. The second-order valence-electron chi connectivity index (χ2n) is 3.20. The molecular formula is C11H16O4. The molecule has 1 aromatic rings. The number of hydrogen-bond acceptors (Lipinski definition) is 4. The number of ether oxygens (including phenoxy) is 3. The maximum Gasteiger partial charge on any atom is 0.207 e. The highest BCUT2D eigenvalue weighted by atomic mass is 16.5. The zero-order chi connectivity index (χ0) is 11.6. The van der Waals surface area contributed by atoms with Gasteiger partial charge in [0, 0.05) is 11.1 Å². The quantitative estimate of drug-likeness (QED) is 0.832. The van der Waals surface area contributed by atoms with Gasteiger partial charge in [0.1, 0.15) is 0 Å². The van der Waals surface area contributed by atoms with Gasteiger partial charge < -0.3 is 19.3 Å². The fraction of sp³-hybridized carbons (Fsp3) is 0.455. The molecule has 0 amide bonds. The highest BCUT2D eigenvalue weighted by Gasteiger charge is 2.21. The van der Waals surface area contributed by atoms with Crippen LogP contribution in [-0.2, 0) is 0 Å². The van der Waals surface area contributed by atoms with Crippen molar-refractivity contribution in [2.24, 2.45) is 0 Å². The highest BCUT2D eigenvalue weighted by molar-refractivity contribution is 5.65. The van der Waals surface area contributed by atoms with Crippen LogP contribution in [0.25, 0.3) is 0 Å².